The number of piperidine rings is 1. The molecule has 9 heteroatoms. The molecule has 0 aliphatic carbocycles. The maximum atomic E-state index is 12.5. The summed E-state index contributed by atoms with van der Waals surface area (Å²) in [6.45, 7) is 2.58. The molecular weight excluding hydrogens is 380 g/mol. The molecule has 2 rings (SSSR count). The highest BCUT2D eigenvalue weighted by Gasteiger charge is 2.33. The van der Waals surface area contributed by atoms with Gasteiger partial charge in [0.1, 0.15) is 0 Å². The Bertz CT molecular complexity index is 685. The third kappa shape index (κ3) is 6.51. The maximum absolute atomic E-state index is 12.5. The predicted octanol–water partition coefficient (Wildman–Crippen LogP) is 1.33. The number of carbonyl (C=O) groups excluding carboxylic acids is 1. The third-order valence-corrected chi connectivity index (χ3v) is 5.78. The Hall–Kier alpha value is -1.19. The summed E-state index contributed by atoms with van der Waals surface area (Å²) in [7, 11) is -0.589. The van der Waals surface area contributed by atoms with Gasteiger partial charge < -0.3 is 14.8 Å². The van der Waals surface area contributed by atoms with Crippen molar-refractivity contribution in [3.05, 3.63) is 35.4 Å². The molecule has 148 valence electrons. The number of hydrogen-bond donors (Lipinski definition) is 2. The summed E-state index contributed by atoms with van der Waals surface area (Å²) in [6.07, 6.45) is 1.72. The van der Waals surface area contributed by atoms with Crippen LogP contribution in [0.3, 0.4) is 0 Å². The Balaban J connectivity index is 0.00000338. The van der Waals surface area contributed by atoms with E-state index in [1.54, 1.807) is 31.4 Å². The monoisotopic (exact) mass is 406 g/mol. The minimum Gasteiger partial charge on any atom is -0.465 e. The number of rotatable bonds is 8. The zero-order valence-electron chi connectivity index (χ0n) is 15.1. The maximum Gasteiger partial charge on any atom is 0.337 e. The van der Waals surface area contributed by atoms with Crippen molar-refractivity contribution in [3.8, 4) is 0 Å². The van der Waals surface area contributed by atoms with Crippen LogP contribution in [0.1, 0.15) is 28.8 Å². The van der Waals surface area contributed by atoms with Gasteiger partial charge in [-0.05, 0) is 43.6 Å². The summed E-state index contributed by atoms with van der Waals surface area (Å²) in [6, 6.07) is 6.47. The molecule has 0 spiro atoms. The molecule has 1 saturated heterocycles. The average Bonchev–Trinajstić information content (AvgIpc) is 2.60. The van der Waals surface area contributed by atoms with E-state index in [-0.39, 0.29) is 23.6 Å². The Morgan fingerprint density at radius 2 is 1.96 bits per heavy atom. The van der Waals surface area contributed by atoms with Gasteiger partial charge in [-0.3, -0.25) is 0 Å². The molecule has 0 aromatic heterocycles. The third-order valence-electron chi connectivity index (χ3n) is 4.49. The van der Waals surface area contributed by atoms with Crippen LogP contribution in [0.25, 0.3) is 0 Å². The van der Waals surface area contributed by atoms with E-state index >= 15 is 0 Å². The summed E-state index contributed by atoms with van der Waals surface area (Å²) >= 11 is 0. The predicted molar refractivity (Wildman–Crippen MR) is 102 cm³/mol. The second-order valence-corrected chi connectivity index (χ2v) is 8.26. The highest BCUT2D eigenvalue weighted by molar-refractivity contribution is 7.88. The average molecular weight is 407 g/mol. The van der Waals surface area contributed by atoms with E-state index in [9.17, 15) is 13.2 Å². The lowest BCUT2D eigenvalue weighted by atomic mass is 9.80. The molecule has 7 nitrogen and oxygen atoms in total. The number of methoxy groups -OCH3 is 2. The quantitative estimate of drug-likeness (QED) is 0.632. The molecule has 1 aliphatic rings. The second kappa shape index (κ2) is 10.2. The lowest BCUT2D eigenvalue weighted by molar-refractivity contribution is 0.0577. The molecule has 0 saturated carbocycles. The van der Waals surface area contributed by atoms with Crippen LogP contribution in [0.4, 0.5) is 0 Å². The molecule has 1 aromatic rings. The summed E-state index contributed by atoms with van der Waals surface area (Å²) in [5.41, 5.74) is 0.701. The number of hydrogen-bond acceptors (Lipinski definition) is 6. The standard InChI is InChI=1S/C17H26N2O5S.ClH/c1-23-13-17(6-8-18-9-7-17)12-19-25(21,22)11-14-4-3-5-15(10-14)16(20)24-2;/h3-5,10,18-19H,6-9,11-13H2,1-2H3;1H. The highest BCUT2D eigenvalue weighted by Crippen LogP contribution is 2.28. The first-order chi connectivity index (χ1) is 11.9. The summed E-state index contributed by atoms with van der Waals surface area (Å²) in [5.74, 6) is -0.667. The van der Waals surface area contributed by atoms with Crippen molar-refractivity contribution in [1.29, 1.82) is 0 Å². The van der Waals surface area contributed by atoms with E-state index in [4.69, 9.17) is 4.74 Å². The van der Waals surface area contributed by atoms with Crippen LogP contribution in [-0.2, 0) is 25.2 Å². The second-order valence-electron chi connectivity index (χ2n) is 6.46. The van der Waals surface area contributed by atoms with Crippen LogP contribution in [0.15, 0.2) is 24.3 Å². The smallest absolute Gasteiger partial charge is 0.337 e. The van der Waals surface area contributed by atoms with Crippen molar-refractivity contribution in [2.75, 3.05) is 40.5 Å². The number of halogens is 1. The molecule has 0 unspecified atom stereocenters. The number of sulfonamides is 1. The number of ether oxygens (including phenoxy) is 2. The normalized spacial score (nSPS) is 16.5. The largest absolute Gasteiger partial charge is 0.465 e. The molecule has 1 aromatic carbocycles. The molecule has 0 bridgehead atoms. The molecule has 0 amide bonds. The van der Waals surface area contributed by atoms with E-state index in [0.29, 0.717) is 24.3 Å². The van der Waals surface area contributed by atoms with E-state index in [0.717, 1.165) is 25.9 Å². The molecule has 2 N–H and O–H groups in total. The summed E-state index contributed by atoms with van der Waals surface area (Å²) in [5, 5.41) is 3.28. The van der Waals surface area contributed by atoms with E-state index in [1.165, 1.54) is 7.11 Å². The van der Waals surface area contributed by atoms with E-state index in [1.807, 2.05) is 0 Å². The van der Waals surface area contributed by atoms with Gasteiger partial charge in [0.05, 0.1) is 25.0 Å². The minimum absolute atomic E-state index is 0. The fraction of sp³-hybridized carbons (Fsp3) is 0.588. The van der Waals surface area contributed by atoms with Crippen molar-refractivity contribution < 1.29 is 22.7 Å². The summed E-state index contributed by atoms with van der Waals surface area (Å²) in [4.78, 5) is 11.6. The van der Waals surface area contributed by atoms with Crippen LogP contribution < -0.4 is 10.0 Å². The topological polar surface area (TPSA) is 93.7 Å². The Morgan fingerprint density at radius 3 is 2.58 bits per heavy atom. The number of nitrogens with one attached hydrogen (secondary N) is 2. The zero-order chi connectivity index (χ0) is 18.3. The number of carbonyl (C=O) groups is 1. The first-order valence-corrected chi connectivity index (χ1v) is 9.89. The fourth-order valence-corrected chi connectivity index (χ4v) is 4.32. The van der Waals surface area contributed by atoms with Gasteiger partial charge >= 0.3 is 5.97 Å². The van der Waals surface area contributed by atoms with Crippen LogP contribution in [0, 0.1) is 5.41 Å². The van der Waals surface area contributed by atoms with Crippen molar-refractivity contribution >= 4 is 28.4 Å². The van der Waals surface area contributed by atoms with Crippen LogP contribution in [0.5, 0.6) is 0 Å². The van der Waals surface area contributed by atoms with Crippen LogP contribution in [0.2, 0.25) is 0 Å². The van der Waals surface area contributed by atoms with E-state index < -0.39 is 16.0 Å². The number of esters is 1. The van der Waals surface area contributed by atoms with Crippen molar-refractivity contribution in [2.24, 2.45) is 5.41 Å². The molecule has 1 aliphatic heterocycles. The molecule has 0 atom stereocenters. The van der Waals surface area contributed by atoms with Gasteiger partial charge in [0, 0.05) is 19.1 Å². The Morgan fingerprint density at radius 1 is 1.27 bits per heavy atom. The highest BCUT2D eigenvalue weighted by atomic mass is 35.5. The fourth-order valence-electron chi connectivity index (χ4n) is 3.07. The van der Waals surface area contributed by atoms with Crippen molar-refractivity contribution in [1.82, 2.24) is 10.0 Å². The van der Waals surface area contributed by atoms with Gasteiger partial charge in [-0.1, -0.05) is 12.1 Å². The lowest BCUT2D eigenvalue weighted by Gasteiger charge is -2.37. The van der Waals surface area contributed by atoms with Gasteiger partial charge in [-0.2, -0.15) is 0 Å². The number of benzene rings is 1. The first kappa shape index (κ1) is 22.9. The Kier molecular flexibility index (Phi) is 8.99. The van der Waals surface area contributed by atoms with Gasteiger partial charge in [-0.15, -0.1) is 12.4 Å². The zero-order valence-corrected chi connectivity index (χ0v) is 16.7. The van der Waals surface area contributed by atoms with Crippen LogP contribution >= 0.6 is 12.4 Å². The first-order valence-electron chi connectivity index (χ1n) is 8.24. The van der Waals surface area contributed by atoms with Crippen molar-refractivity contribution in [3.63, 3.8) is 0 Å². The molecule has 26 heavy (non-hydrogen) atoms. The SMILES string of the molecule is COCC1(CNS(=O)(=O)Cc2cccc(C(=O)OC)c2)CCNCC1.Cl. The molecular formula is C17H27ClN2O5S. The van der Waals surface area contributed by atoms with Gasteiger partial charge in [0.25, 0.3) is 0 Å². The van der Waals surface area contributed by atoms with E-state index in [2.05, 4.69) is 14.8 Å². The Labute approximate surface area is 161 Å². The van der Waals surface area contributed by atoms with Gasteiger partial charge in [0.15, 0.2) is 0 Å². The summed E-state index contributed by atoms with van der Waals surface area (Å²) < 4.78 is 37.6. The van der Waals surface area contributed by atoms with Gasteiger partial charge in [0.2, 0.25) is 10.0 Å². The molecule has 0 radical (unpaired) electrons. The van der Waals surface area contributed by atoms with Crippen LogP contribution in [-0.4, -0.2) is 54.8 Å². The van der Waals surface area contributed by atoms with Crippen molar-refractivity contribution in [2.45, 2.75) is 18.6 Å². The van der Waals surface area contributed by atoms with Gasteiger partial charge in [-0.25, -0.2) is 17.9 Å². The molecule has 1 heterocycles. The minimum atomic E-state index is -3.52. The lowest BCUT2D eigenvalue weighted by Crippen LogP contribution is -2.47. The molecule has 1 fully saturated rings.